The molecule has 1 aliphatic rings. The number of benzene rings is 1. The number of oxime groups is 1. The summed E-state index contributed by atoms with van der Waals surface area (Å²) in [5, 5.41) is 6.86. The van der Waals surface area contributed by atoms with E-state index in [1.165, 1.54) is 0 Å². The second kappa shape index (κ2) is 6.64. The zero-order chi connectivity index (χ0) is 16.2. The molecule has 1 aromatic heterocycles. The van der Waals surface area contributed by atoms with Crippen molar-refractivity contribution in [2.75, 3.05) is 0 Å². The summed E-state index contributed by atoms with van der Waals surface area (Å²) in [5.41, 5.74) is 2.97. The lowest BCUT2D eigenvalue weighted by atomic mass is 10.1. The average Bonchev–Trinajstić information content (AvgIpc) is 3.21. The first-order chi connectivity index (χ1) is 11.2. The summed E-state index contributed by atoms with van der Waals surface area (Å²) in [6, 6.07) is 7.95. The number of aromatic nitrogens is 2. The van der Waals surface area contributed by atoms with Gasteiger partial charge in [0, 0.05) is 25.4 Å². The monoisotopic (exact) mass is 312 g/mol. The maximum Gasteiger partial charge on any atom is 0.264 e. The van der Waals surface area contributed by atoms with Crippen molar-refractivity contribution in [1.82, 2.24) is 14.9 Å². The van der Waals surface area contributed by atoms with Crippen molar-refractivity contribution in [3.63, 3.8) is 0 Å². The summed E-state index contributed by atoms with van der Waals surface area (Å²) < 4.78 is 2.01. The van der Waals surface area contributed by atoms with E-state index in [1.54, 1.807) is 6.20 Å². The molecule has 0 saturated carbocycles. The lowest BCUT2D eigenvalue weighted by Gasteiger charge is -2.14. The standard InChI is InChI=1S/C17H20N4O2/c1-3-14-10-16(23-20-14)17(22)19-11-13-6-4-5-7-15(13)21-9-8-18-12(21)2/h4-9,16H,3,10-11H2,1-2H3,(H,19,22)/t16-/m0/s1. The summed E-state index contributed by atoms with van der Waals surface area (Å²) in [6.07, 6.45) is 4.56. The second-order valence-corrected chi connectivity index (χ2v) is 5.50. The highest BCUT2D eigenvalue weighted by atomic mass is 16.6. The van der Waals surface area contributed by atoms with Gasteiger partial charge in [0.2, 0.25) is 6.10 Å². The fourth-order valence-corrected chi connectivity index (χ4v) is 2.60. The SMILES string of the molecule is CCC1=NO[C@H](C(=O)NCc2ccccc2-n2ccnc2C)C1. The molecular weight excluding hydrogens is 292 g/mol. The average molecular weight is 312 g/mol. The number of nitrogens with one attached hydrogen (secondary N) is 1. The normalized spacial score (nSPS) is 16.8. The Morgan fingerprint density at radius 2 is 2.26 bits per heavy atom. The Labute approximate surface area is 135 Å². The van der Waals surface area contributed by atoms with E-state index in [4.69, 9.17) is 4.84 Å². The molecule has 0 bridgehead atoms. The molecule has 1 amide bonds. The molecule has 0 aliphatic carbocycles. The Bertz CT molecular complexity index is 736. The molecule has 1 aromatic carbocycles. The lowest BCUT2D eigenvalue weighted by Crippen LogP contribution is -2.34. The second-order valence-electron chi connectivity index (χ2n) is 5.50. The fraction of sp³-hybridized carbons (Fsp3) is 0.353. The summed E-state index contributed by atoms with van der Waals surface area (Å²) in [5.74, 6) is 0.776. The van der Waals surface area contributed by atoms with Gasteiger partial charge in [-0.1, -0.05) is 30.3 Å². The first-order valence-electron chi connectivity index (χ1n) is 7.76. The summed E-state index contributed by atoms with van der Waals surface area (Å²) in [4.78, 5) is 21.7. The molecule has 6 heteroatoms. The Balaban J connectivity index is 1.68. The number of rotatable bonds is 5. The van der Waals surface area contributed by atoms with Crippen LogP contribution in [0.25, 0.3) is 5.69 Å². The molecule has 3 rings (SSSR count). The van der Waals surface area contributed by atoms with Crippen molar-refractivity contribution in [3.8, 4) is 5.69 Å². The molecule has 1 N–H and O–H groups in total. The molecule has 1 atom stereocenters. The number of imidazole rings is 1. The third-order valence-electron chi connectivity index (χ3n) is 3.96. The van der Waals surface area contributed by atoms with E-state index in [2.05, 4.69) is 15.5 Å². The first-order valence-corrected chi connectivity index (χ1v) is 7.76. The van der Waals surface area contributed by atoms with E-state index in [9.17, 15) is 4.79 Å². The van der Waals surface area contributed by atoms with Gasteiger partial charge < -0.3 is 14.7 Å². The summed E-state index contributed by atoms with van der Waals surface area (Å²) in [6.45, 7) is 4.39. The van der Waals surface area contributed by atoms with Crippen molar-refractivity contribution in [2.45, 2.75) is 39.3 Å². The fourth-order valence-electron chi connectivity index (χ4n) is 2.60. The minimum atomic E-state index is -0.507. The minimum Gasteiger partial charge on any atom is -0.382 e. The van der Waals surface area contributed by atoms with Crippen molar-refractivity contribution in [1.29, 1.82) is 0 Å². The van der Waals surface area contributed by atoms with Crippen molar-refractivity contribution in [2.24, 2.45) is 5.16 Å². The Morgan fingerprint density at radius 1 is 1.43 bits per heavy atom. The van der Waals surface area contributed by atoms with Crippen LogP contribution < -0.4 is 5.32 Å². The molecule has 1 aliphatic heterocycles. The quantitative estimate of drug-likeness (QED) is 0.921. The molecule has 6 nitrogen and oxygen atoms in total. The van der Waals surface area contributed by atoms with Crippen LogP contribution in [0, 0.1) is 6.92 Å². The van der Waals surface area contributed by atoms with Crippen LogP contribution in [0.3, 0.4) is 0 Å². The van der Waals surface area contributed by atoms with Crippen LogP contribution in [0.1, 0.15) is 31.2 Å². The number of aryl methyl sites for hydroxylation is 1. The van der Waals surface area contributed by atoms with E-state index >= 15 is 0 Å². The van der Waals surface area contributed by atoms with E-state index < -0.39 is 6.10 Å². The van der Waals surface area contributed by atoms with E-state index in [0.29, 0.717) is 13.0 Å². The van der Waals surface area contributed by atoms with E-state index in [-0.39, 0.29) is 5.91 Å². The maximum atomic E-state index is 12.2. The molecule has 0 radical (unpaired) electrons. The Morgan fingerprint density at radius 3 is 2.96 bits per heavy atom. The molecule has 2 heterocycles. The molecule has 0 unspecified atom stereocenters. The van der Waals surface area contributed by atoms with Crippen molar-refractivity contribution >= 4 is 11.6 Å². The molecule has 2 aromatic rings. The predicted octanol–water partition coefficient (Wildman–Crippen LogP) is 2.35. The lowest BCUT2D eigenvalue weighted by molar-refractivity contribution is -0.131. The third-order valence-corrected chi connectivity index (χ3v) is 3.96. The van der Waals surface area contributed by atoms with Gasteiger partial charge in [0.1, 0.15) is 5.82 Å². The molecule has 120 valence electrons. The van der Waals surface area contributed by atoms with Gasteiger partial charge in [-0.05, 0) is 25.0 Å². The van der Waals surface area contributed by atoms with Gasteiger partial charge in [0.15, 0.2) is 0 Å². The van der Waals surface area contributed by atoms with Crippen LogP contribution >= 0.6 is 0 Å². The predicted molar refractivity (Wildman–Crippen MR) is 87.4 cm³/mol. The van der Waals surface area contributed by atoms with Crippen LogP contribution in [-0.4, -0.2) is 27.3 Å². The number of amides is 1. The third kappa shape index (κ3) is 3.26. The Kier molecular flexibility index (Phi) is 4.41. The number of carbonyl (C=O) groups is 1. The zero-order valence-electron chi connectivity index (χ0n) is 13.3. The molecule has 0 spiro atoms. The van der Waals surface area contributed by atoms with Crippen LogP contribution in [0.15, 0.2) is 41.8 Å². The van der Waals surface area contributed by atoms with Gasteiger partial charge in [-0.15, -0.1) is 0 Å². The molecular formula is C17H20N4O2. The van der Waals surface area contributed by atoms with Crippen molar-refractivity contribution in [3.05, 3.63) is 48.0 Å². The number of carbonyl (C=O) groups excluding carboxylic acids is 1. The number of para-hydroxylation sites is 1. The summed E-state index contributed by atoms with van der Waals surface area (Å²) >= 11 is 0. The van der Waals surface area contributed by atoms with Gasteiger partial charge in [0.05, 0.1) is 11.4 Å². The van der Waals surface area contributed by atoms with Gasteiger partial charge in [-0.2, -0.15) is 0 Å². The maximum absolute atomic E-state index is 12.2. The highest BCUT2D eigenvalue weighted by Gasteiger charge is 2.27. The van der Waals surface area contributed by atoms with Crippen LogP contribution in [0.2, 0.25) is 0 Å². The highest BCUT2D eigenvalue weighted by Crippen LogP contribution is 2.17. The van der Waals surface area contributed by atoms with Crippen LogP contribution in [-0.2, 0) is 16.2 Å². The molecule has 23 heavy (non-hydrogen) atoms. The van der Waals surface area contributed by atoms with E-state index in [1.807, 2.05) is 48.9 Å². The van der Waals surface area contributed by atoms with Crippen LogP contribution in [0.4, 0.5) is 0 Å². The van der Waals surface area contributed by atoms with Crippen molar-refractivity contribution < 1.29 is 9.63 Å². The van der Waals surface area contributed by atoms with Crippen LogP contribution in [0.5, 0.6) is 0 Å². The van der Waals surface area contributed by atoms with Gasteiger partial charge in [-0.3, -0.25) is 4.79 Å². The first kappa shape index (κ1) is 15.3. The highest BCUT2D eigenvalue weighted by molar-refractivity contribution is 5.92. The number of hydrogen-bond donors (Lipinski definition) is 1. The largest absolute Gasteiger partial charge is 0.382 e. The van der Waals surface area contributed by atoms with Gasteiger partial charge in [-0.25, -0.2) is 4.98 Å². The Hall–Kier alpha value is -2.63. The van der Waals surface area contributed by atoms with Gasteiger partial charge >= 0.3 is 0 Å². The minimum absolute atomic E-state index is 0.130. The smallest absolute Gasteiger partial charge is 0.264 e. The molecule has 0 saturated heterocycles. The van der Waals surface area contributed by atoms with Gasteiger partial charge in [0.25, 0.3) is 5.91 Å². The topological polar surface area (TPSA) is 68.5 Å². The number of hydrogen-bond acceptors (Lipinski definition) is 4. The number of nitrogens with zero attached hydrogens (tertiary/aromatic N) is 3. The van der Waals surface area contributed by atoms with E-state index in [0.717, 1.165) is 29.2 Å². The summed E-state index contributed by atoms with van der Waals surface area (Å²) in [7, 11) is 0. The zero-order valence-corrected chi connectivity index (χ0v) is 13.3. The molecule has 0 fully saturated rings.